The molecule has 0 saturated heterocycles. The van der Waals surface area contributed by atoms with Crippen LogP contribution in [0.1, 0.15) is 25.1 Å². The summed E-state index contributed by atoms with van der Waals surface area (Å²) < 4.78 is 33.1. The van der Waals surface area contributed by atoms with E-state index in [-0.39, 0.29) is 28.7 Å². The Bertz CT molecular complexity index is 1220. The number of halogens is 2. The molecule has 0 fully saturated rings. The lowest BCUT2D eigenvalue weighted by Gasteiger charge is -2.18. The molecule has 0 atom stereocenters. The Morgan fingerprint density at radius 1 is 1.00 bits per heavy atom. The molecular formula is C21H17F2N5O2. The van der Waals surface area contributed by atoms with Gasteiger partial charge in [-0.1, -0.05) is 5.16 Å². The van der Waals surface area contributed by atoms with Crippen molar-refractivity contribution in [3.63, 3.8) is 0 Å². The van der Waals surface area contributed by atoms with Crippen LogP contribution < -0.4 is 0 Å². The minimum Gasteiger partial charge on any atom is -0.386 e. The van der Waals surface area contributed by atoms with Crippen molar-refractivity contribution in [1.82, 2.24) is 25.1 Å². The van der Waals surface area contributed by atoms with E-state index in [1.165, 1.54) is 37.5 Å². The SMILES string of the molecule is Cc1nc(-c2noc(-c3ccc(F)cn3)n2)cc(-c2cncc(C(C)(C)O)c2)c1F. The molecule has 0 aliphatic rings. The lowest BCUT2D eigenvalue weighted by molar-refractivity contribution is 0.0783. The predicted molar refractivity (Wildman–Crippen MR) is 104 cm³/mol. The molecule has 0 bridgehead atoms. The average molecular weight is 409 g/mol. The summed E-state index contributed by atoms with van der Waals surface area (Å²) in [5, 5.41) is 14.1. The minimum absolute atomic E-state index is 0.0843. The van der Waals surface area contributed by atoms with Crippen LogP contribution in [-0.4, -0.2) is 30.2 Å². The highest BCUT2D eigenvalue weighted by molar-refractivity contribution is 5.69. The number of pyridine rings is 3. The van der Waals surface area contributed by atoms with Crippen LogP contribution in [0.25, 0.3) is 34.2 Å². The zero-order chi connectivity index (χ0) is 21.5. The summed E-state index contributed by atoms with van der Waals surface area (Å²) in [6.45, 7) is 4.77. The lowest BCUT2D eigenvalue weighted by Crippen LogP contribution is -2.15. The number of nitrogens with zero attached hydrogens (tertiary/aromatic N) is 5. The van der Waals surface area contributed by atoms with Gasteiger partial charge >= 0.3 is 0 Å². The van der Waals surface area contributed by atoms with E-state index in [9.17, 15) is 13.9 Å². The van der Waals surface area contributed by atoms with Crippen molar-refractivity contribution in [2.24, 2.45) is 0 Å². The Morgan fingerprint density at radius 3 is 2.50 bits per heavy atom. The highest BCUT2D eigenvalue weighted by Gasteiger charge is 2.21. The molecule has 0 amide bonds. The van der Waals surface area contributed by atoms with Crippen LogP contribution in [0.4, 0.5) is 8.78 Å². The summed E-state index contributed by atoms with van der Waals surface area (Å²) in [5.41, 5.74) is 0.855. The quantitative estimate of drug-likeness (QED) is 0.542. The van der Waals surface area contributed by atoms with E-state index < -0.39 is 17.2 Å². The first-order valence-electron chi connectivity index (χ1n) is 9.04. The molecular weight excluding hydrogens is 392 g/mol. The van der Waals surface area contributed by atoms with Crippen molar-refractivity contribution in [2.75, 3.05) is 0 Å². The Morgan fingerprint density at radius 2 is 1.80 bits per heavy atom. The van der Waals surface area contributed by atoms with Crippen LogP contribution >= 0.6 is 0 Å². The molecule has 0 aliphatic heterocycles. The van der Waals surface area contributed by atoms with Gasteiger partial charge in [-0.05, 0) is 45.0 Å². The van der Waals surface area contributed by atoms with Crippen LogP contribution in [0, 0.1) is 18.6 Å². The molecule has 1 N–H and O–H groups in total. The van der Waals surface area contributed by atoms with Crippen LogP contribution in [0.2, 0.25) is 0 Å². The maximum Gasteiger partial charge on any atom is 0.276 e. The van der Waals surface area contributed by atoms with E-state index in [0.29, 0.717) is 16.8 Å². The molecule has 9 heteroatoms. The molecule has 4 aromatic rings. The van der Waals surface area contributed by atoms with E-state index in [1.807, 2.05) is 0 Å². The highest BCUT2D eigenvalue weighted by Crippen LogP contribution is 2.31. The van der Waals surface area contributed by atoms with Gasteiger partial charge < -0.3 is 9.63 Å². The van der Waals surface area contributed by atoms with Gasteiger partial charge in [-0.15, -0.1) is 0 Å². The maximum atomic E-state index is 14.9. The zero-order valence-electron chi connectivity index (χ0n) is 16.4. The van der Waals surface area contributed by atoms with Gasteiger partial charge in [0.25, 0.3) is 5.89 Å². The fourth-order valence-electron chi connectivity index (χ4n) is 2.84. The largest absolute Gasteiger partial charge is 0.386 e. The van der Waals surface area contributed by atoms with Crippen LogP contribution in [0.15, 0.2) is 47.4 Å². The van der Waals surface area contributed by atoms with Crippen molar-refractivity contribution in [1.29, 1.82) is 0 Å². The number of aryl methyl sites for hydroxylation is 1. The van der Waals surface area contributed by atoms with Gasteiger partial charge in [0.1, 0.15) is 17.2 Å². The van der Waals surface area contributed by atoms with E-state index in [0.717, 1.165) is 6.20 Å². The van der Waals surface area contributed by atoms with Crippen molar-refractivity contribution >= 4 is 0 Å². The fraction of sp³-hybridized carbons (Fsp3) is 0.190. The average Bonchev–Trinajstić information content (AvgIpc) is 3.20. The molecule has 0 spiro atoms. The number of hydrogen-bond acceptors (Lipinski definition) is 7. The van der Waals surface area contributed by atoms with Crippen molar-refractivity contribution in [2.45, 2.75) is 26.4 Å². The van der Waals surface area contributed by atoms with Gasteiger partial charge in [-0.3, -0.25) is 4.98 Å². The predicted octanol–water partition coefficient (Wildman–Crippen LogP) is 4.07. The number of aromatic nitrogens is 5. The first-order valence-corrected chi connectivity index (χ1v) is 9.04. The summed E-state index contributed by atoms with van der Waals surface area (Å²) in [6.07, 6.45) is 4.07. The third-order valence-corrected chi connectivity index (χ3v) is 4.48. The van der Waals surface area contributed by atoms with Gasteiger partial charge in [-0.2, -0.15) is 4.98 Å². The highest BCUT2D eigenvalue weighted by atomic mass is 19.1. The summed E-state index contributed by atoms with van der Waals surface area (Å²) in [7, 11) is 0. The van der Waals surface area contributed by atoms with Crippen molar-refractivity contribution < 1.29 is 18.4 Å². The Balaban J connectivity index is 1.77. The second-order valence-electron chi connectivity index (χ2n) is 7.26. The van der Waals surface area contributed by atoms with E-state index in [2.05, 4.69) is 25.1 Å². The Kier molecular flexibility index (Phi) is 4.83. The molecule has 152 valence electrons. The van der Waals surface area contributed by atoms with E-state index in [4.69, 9.17) is 4.52 Å². The molecule has 0 aromatic carbocycles. The van der Waals surface area contributed by atoms with Gasteiger partial charge in [0, 0.05) is 29.1 Å². The summed E-state index contributed by atoms with van der Waals surface area (Å²) in [6, 6.07) is 5.79. The second kappa shape index (κ2) is 7.34. The van der Waals surface area contributed by atoms with Crippen LogP contribution in [0.3, 0.4) is 0 Å². The van der Waals surface area contributed by atoms with Crippen LogP contribution in [0.5, 0.6) is 0 Å². The van der Waals surface area contributed by atoms with Gasteiger partial charge in [0.15, 0.2) is 5.82 Å². The topological polar surface area (TPSA) is 97.8 Å². The molecule has 30 heavy (non-hydrogen) atoms. The third kappa shape index (κ3) is 3.79. The zero-order valence-corrected chi connectivity index (χ0v) is 16.4. The smallest absolute Gasteiger partial charge is 0.276 e. The first kappa shape index (κ1) is 19.7. The number of rotatable bonds is 4. The molecule has 0 saturated carbocycles. The molecule has 4 heterocycles. The van der Waals surface area contributed by atoms with E-state index >= 15 is 0 Å². The number of aliphatic hydroxyl groups is 1. The number of hydrogen-bond donors (Lipinski definition) is 1. The monoisotopic (exact) mass is 409 g/mol. The molecule has 0 radical (unpaired) electrons. The maximum absolute atomic E-state index is 14.9. The van der Waals surface area contributed by atoms with Gasteiger partial charge in [-0.25, -0.2) is 18.7 Å². The van der Waals surface area contributed by atoms with Crippen LogP contribution in [-0.2, 0) is 5.60 Å². The molecule has 0 aliphatic carbocycles. The molecule has 7 nitrogen and oxygen atoms in total. The minimum atomic E-state index is -1.13. The second-order valence-corrected chi connectivity index (χ2v) is 7.26. The first-order chi connectivity index (χ1) is 14.2. The Labute approximate surface area is 170 Å². The van der Waals surface area contributed by atoms with Gasteiger partial charge in [0.05, 0.1) is 17.5 Å². The summed E-state index contributed by atoms with van der Waals surface area (Å²) >= 11 is 0. The normalized spacial score (nSPS) is 11.7. The van der Waals surface area contributed by atoms with E-state index in [1.54, 1.807) is 19.9 Å². The molecule has 0 unspecified atom stereocenters. The van der Waals surface area contributed by atoms with Crippen molar-refractivity contribution in [3.8, 4) is 34.2 Å². The Hall–Kier alpha value is -3.59. The summed E-state index contributed by atoms with van der Waals surface area (Å²) in [5.74, 6) is -0.786. The third-order valence-electron chi connectivity index (χ3n) is 4.48. The molecule has 4 rings (SSSR count). The fourth-order valence-corrected chi connectivity index (χ4v) is 2.84. The standard InChI is InChI=1S/C21H17F2N5O2/c1-11-18(23)15(12-6-13(9-24-8-12)21(2,3)29)7-17(26-11)19-27-20(30-28-19)16-5-4-14(22)10-25-16/h4-10,29H,1-3H3. The van der Waals surface area contributed by atoms with Gasteiger partial charge in [0.2, 0.25) is 5.82 Å². The lowest BCUT2D eigenvalue weighted by atomic mass is 9.96. The summed E-state index contributed by atoms with van der Waals surface area (Å²) in [4.78, 5) is 16.5. The molecule has 4 aromatic heterocycles. The van der Waals surface area contributed by atoms with Crippen molar-refractivity contribution in [3.05, 3.63) is 65.7 Å².